The highest BCUT2D eigenvalue weighted by Crippen LogP contribution is 2.86. The van der Waals surface area contributed by atoms with Crippen molar-refractivity contribution in [3.05, 3.63) is 0 Å². The van der Waals surface area contributed by atoms with Gasteiger partial charge in [-0.3, -0.25) is 4.79 Å². The molecule has 0 amide bonds. The van der Waals surface area contributed by atoms with Crippen molar-refractivity contribution in [1.29, 1.82) is 0 Å². The average Bonchev–Trinajstić information content (AvgIpc) is 3.41. The Morgan fingerprint density at radius 3 is 1.19 bits per heavy atom. The van der Waals surface area contributed by atoms with Gasteiger partial charge in [-0.15, -0.1) is 0 Å². The fourth-order valence-electron chi connectivity index (χ4n) is 12.1. The van der Waals surface area contributed by atoms with E-state index in [1.165, 1.54) is 25.7 Å². The van der Waals surface area contributed by atoms with Crippen LogP contribution in [0.2, 0.25) is 0 Å². The van der Waals surface area contributed by atoms with Gasteiger partial charge in [-0.05, 0) is 102 Å². The molecular weight excluding hydrogens is 376 g/mol. The maximum absolute atomic E-state index is 14.7. The van der Waals surface area contributed by atoms with Crippen LogP contribution in [0.1, 0.15) is 94.9 Å². The fourth-order valence-corrected chi connectivity index (χ4v) is 12.1. The van der Waals surface area contributed by atoms with Gasteiger partial charge in [0.25, 0.3) is 0 Å². The predicted molar refractivity (Wildman–Crippen MR) is 129 cm³/mol. The maximum atomic E-state index is 14.7. The van der Waals surface area contributed by atoms with Gasteiger partial charge in [0.05, 0.1) is 0 Å². The lowest BCUT2D eigenvalue weighted by molar-refractivity contribution is -0.240. The van der Waals surface area contributed by atoms with Crippen LogP contribution in [0.4, 0.5) is 0 Å². The van der Waals surface area contributed by atoms with Crippen molar-refractivity contribution in [2.24, 2.45) is 87.3 Å². The first kappa shape index (κ1) is 22.5. The zero-order valence-corrected chi connectivity index (χ0v) is 22.2. The minimum Gasteiger partial charge on any atom is -0.298 e. The second-order valence-corrected chi connectivity index (χ2v) is 14.8. The van der Waals surface area contributed by atoms with E-state index in [-0.39, 0.29) is 16.2 Å². The lowest BCUT2D eigenvalue weighted by atomic mass is 9.28. The molecule has 0 aliphatic heterocycles. The third kappa shape index (κ3) is 2.29. The Hall–Kier alpha value is -0.330. The molecule has 5 rings (SSSR count). The monoisotopic (exact) mass is 426 g/mol. The highest BCUT2D eigenvalue weighted by molar-refractivity contribution is 6.00. The van der Waals surface area contributed by atoms with E-state index in [9.17, 15) is 4.79 Å². The van der Waals surface area contributed by atoms with E-state index in [0.717, 1.165) is 53.1 Å². The van der Waals surface area contributed by atoms with Crippen LogP contribution in [0.5, 0.6) is 0 Å². The Bertz CT molecular complexity index is 698. The minimum atomic E-state index is -0.00265. The first-order chi connectivity index (χ1) is 14.3. The average molecular weight is 427 g/mol. The van der Waals surface area contributed by atoms with E-state index in [4.69, 9.17) is 0 Å². The van der Waals surface area contributed by atoms with Crippen LogP contribution in [0.15, 0.2) is 0 Å². The molecule has 2 spiro atoms. The van der Waals surface area contributed by atoms with Crippen LogP contribution in [0, 0.1) is 87.3 Å². The Morgan fingerprint density at radius 1 is 0.613 bits per heavy atom. The van der Waals surface area contributed by atoms with Crippen LogP contribution in [-0.4, -0.2) is 5.78 Å². The van der Waals surface area contributed by atoms with E-state index in [1.54, 1.807) is 0 Å². The van der Waals surface area contributed by atoms with Gasteiger partial charge in [0, 0.05) is 10.8 Å². The number of fused-ring (bicyclic) bond motifs is 6. The predicted octanol–water partition coefficient (Wildman–Crippen LogP) is 7.74. The molecule has 4 bridgehead atoms. The molecule has 5 aliphatic carbocycles. The Kier molecular flexibility index (Phi) is 4.80. The molecule has 10 atom stereocenters. The summed E-state index contributed by atoms with van der Waals surface area (Å²) in [5.74, 6) is 9.75. The third-order valence-corrected chi connectivity index (χ3v) is 12.6. The van der Waals surface area contributed by atoms with Gasteiger partial charge in [0.1, 0.15) is 5.78 Å². The number of Topliss-reactive ketones (excluding diaryl/α,β-unsaturated/α-hetero) is 1. The number of hydrogen-bond donors (Lipinski definition) is 0. The summed E-state index contributed by atoms with van der Waals surface area (Å²) in [5, 5.41) is 0. The molecule has 0 radical (unpaired) electrons. The third-order valence-electron chi connectivity index (χ3n) is 12.6. The summed E-state index contributed by atoms with van der Waals surface area (Å²) in [6.07, 6.45) is 5.11. The highest BCUT2D eigenvalue weighted by Gasteiger charge is 2.86. The van der Waals surface area contributed by atoms with Crippen LogP contribution in [0.3, 0.4) is 0 Å². The molecule has 1 nitrogen and oxygen atoms in total. The minimum absolute atomic E-state index is 0.00265. The Balaban J connectivity index is 1.53. The molecule has 10 unspecified atom stereocenters. The van der Waals surface area contributed by atoms with E-state index in [0.29, 0.717) is 23.7 Å². The Labute approximate surface area is 192 Å². The molecule has 0 aromatic rings. The van der Waals surface area contributed by atoms with E-state index in [1.807, 2.05) is 0 Å². The molecular formula is C30H50O. The maximum Gasteiger partial charge on any atom is 0.146 e. The summed E-state index contributed by atoms with van der Waals surface area (Å²) in [4.78, 5) is 14.7. The van der Waals surface area contributed by atoms with Gasteiger partial charge < -0.3 is 0 Å². The number of hydrogen-bond acceptors (Lipinski definition) is 1. The number of carbonyl (C=O) groups is 1. The topological polar surface area (TPSA) is 17.1 Å². The van der Waals surface area contributed by atoms with Gasteiger partial charge >= 0.3 is 0 Å². The van der Waals surface area contributed by atoms with Crippen molar-refractivity contribution < 1.29 is 4.79 Å². The molecule has 0 saturated heterocycles. The summed E-state index contributed by atoms with van der Waals surface area (Å²) in [5.41, 5.74) is 0.175. The molecule has 0 aromatic carbocycles. The lowest BCUT2D eigenvalue weighted by Gasteiger charge is -2.73. The normalized spacial score (nSPS) is 52.1. The van der Waals surface area contributed by atoms with Crippen molar-refractivity contribution in [3.63, 3.8) is 0 Å². The fraction of sp³-hybridized carbons (Fsp3) is 0.967. The standard InChI is InChI=1S/C30H50O/c1-15(2)23-19-11-21(25(23)17(5)6)29(13-19)27(31)30(28(29,9)10)14-20-12-22(30)26(18(7)8)24(20)16(3)4/h15-26H,11-14H2,1-10H3. The molecule has 31 heavy (non-hydrogen) atoms. The molecule has 0 N–H and O–H groups in total. The SMILES string of the molecule is CC(C)C1C2CC(C1C(C)C)C1(C2)C(=O)C2(CC3CC2C(C(C)C)C3C(C)C)C1(C)C. The molecule has 0 aromatic heterocycles. The van der Waals surface area contributed by atoms with Gasteiger partial charge in [-0.25, -0.2) is 0 Å². The lowest BCUT2D eigenvalue weighted by Crippen LogP contribution is -2.76. The van der Waals surface area contributed by atoms with Crippen LogP contribution >= 0.6 is 0 Å². The van der Waals surface area contributed by atoms with Crippen molar-refractivity contribution in [1.82, 2.24) is 0 Å². The van der Waals surface area contributed by atoms with Gasteiger partial charge in [-0.1, -0.05) is 69.2 Å². The van der Waals surface area contributed by atoms with E-state index >= 15 is 0 Å². The van der Waals surface area contributed by atoms with E-state index < -0.39 is 0 Å². The number of ketones is 1. The van der Waals surface area contributed by atoms with Crippen LogP contribution in [-0.2, 0) is 4.79 Å². The second kappa shape index (κ2) is 6.63. The number of rotatable bonds is 4. The van der Waals surface area contributed by atoms with Gasteiger partial charge in [0.15, 0.2) is 0 Å². The molecule has 5 aliphatic rings. The van der Waals surface area contributed by atoms with Crippen LogP contribution < -0.4 is 0 Å². The van der Waals surface area contributed by atoms with Gasteiger partial charge in [0.2, 0.25) is 0 Å². The first-order valence-corrected chi connectivity index (χ1v) is 13.9. The van der Waals surface area contributed by atoms with Crippen LogP contribution in [0.25, 0.3) is 0 Å². The molecule has 5 fully saturated rings. The summed E-state index contributed by atoms with van der Waals surface area (Å²) in [6, 6.07) is 0. The van der Waals surface area contributed by atoms with Crippen molar-refractivity contribution >= 4 is 5.78 Å². The zero-order valence-electron chi connectivity index (χ0n) is 22.2. The van der Waals surface area contributed by atoms with Crippen molar-refractivity contribution in [3.8, 4) is 0 Å². The van der Waals surface area contributed by atoms with E-state index in [2.05, 4.69) is 69.2 Å². The summed E-state index contributed by atoms with van der Waals surface area (Å²) >= 11 is 0. The number of carbonyl (C=O) groups excluding carboxylic acids is 1. The summed E-state index contributed by atoms with van der Waals surface area (Å²) < 4.78 is 0. The quantitative estimate of drug-likeness (QED) is 0.449. The highest BCUT2D eigenvalue weighted by atomic mass is 16.1. The van der Waals surface area contributed by atoms with Gasteiger partial charge in [-0.2, -0.15) is 0 Å². The van der Waals surface area contributed by atoms with Crippen molar-refractivity contribution in [2.45, 2.75) is 94.9 Å². The molecule has 1 heteroatoms. The summed E-state index contributed by atoms with van der Waals surface area (Å²) in [7, 11) is 0. The molecule has 5 saturated carbocycles. The first-order valence-electron chi connectivity index (χ1n) is 13.9. The van der Waals surface area contributed by atoms with Crippen molar-refractivity contribution in [2.75, 3.05) is 0 Å². The zero-order chi connectivity index (χ0) is 22.8. The smallest absolute Gasteiger partial charge is 0.146 e. The Morgan fingerprint density at radius 2 is 0.935 bits per heavy atom. The molecule has 176 valence electrons. The largest absolute Gasteiger partial charge is 0.298 e. The summed E-state index contributed by atoms with van der Waals surface area (Å²) in [6.45, 7) is 24.7. The second-order valence-electron chi connectivity index (χ2n) is 14.8. The molecule has 0 heterocycles.